The van der Waals surface area contributed by atoms with Gasteiger partial charge in [0.2, 0.25) is 0 Å². The van der Waals surface area contributed by atoms with E-state index in [1.165, 1.54) is 0 Å². The Labute approximate surface area is 112 Å². The van der Waals surface area contributed by atoms with Crippen LogP contribution in [0.25, 0.3) is 0 Å². The Morgan fingerprint density at radius 2 is 1.18 bits per heavy atom. The van der Waals surface area contributed by atoms with Gasteiger partial charge in [0.05, 0.1) is 0 Å². The first-order valence-electron chi connectivity index (χ1n) is 5.12. The van der Waals surface area contributed by atoms with Gasteiger partial charge in [0.25, 0.3) is 0 Å². The topological polar surface area (TPSA) is 37.3 Å². The van der Waals surface area contributed by atoms with E-state index in [1.807, 2.05) is 60.7 Å². The zero-order valence-corrected chi connectivity index (χ0v) is 8.71. The third kappa shape index (κ3) is 3.23. The molecule has 0 aromatic heterocycles. The number of carboxylic acids is 1. The summed E-state index contributed by atoms with van der Waals surface area (Å²) in [5.74, 6) is -1.40. The number of rotatable bonds is 3. The summed E-state index contributed by atoms with van der Waals surface area (Å²) in [6.45, 7) is 0. The van der Waals surface area contributed by atoms with Gasteiger partial charge < -0.3 is 5.11 Å². The van der Waals surface area contributed by atoms with E-state index in [9.17, 15) is 9.90 Å². The first kappa shape index (κ1) is 13.6. The van der Waals surface area contributed by atoms with Gasteiger partial charge in [0.15, 0.2) is 0 Å². The molecule has 0 aliphatic heterocycles. The molecule has 0 aliphatic rings. The summed E-state index contributed by atoms with van der Waals surface area (Å²) < 4.78 is 0. The number of hydrogen-bond donors (Lipinski definition) is 1. The fourth-order valence-electron chi connectivity index (χ4n) is 1.77. The molecular weight excluding hydrogens is 207 g/mol. The molecule has 0 spiro atoms. The van der Waals surface area contributed by atoms with Crippen LogP contribution in [0.3, 0.4) is 0 Å². The second kappa shape index (κ2) is 6.29. The normalized spacial score (nSPS) is 9.71. The van der Waals surface area contributed by atoms with Gasteiger partial charge in [-0.2, -0.15) is 0 Å². The van der Waals surface area contributed by atoms with Crippen molar-refractivity contribution in [2.45, 2.75) is 5.92 Å². The standard InChI is InChI=1S/C14H12O2.Li.H/c15-14(16)13(11-7-3-1-4-8-11)12-9-5-2-6-10-12;;/h1-10,13H,(H,15,16);;. The number of aliphatic carboxylic acids is 1. The van der Waals surface area contributed by atoms with Crippen molar-refractivity contribution in [3.8, 4) is 0 Å². The molecule has 17 heavy (non-hydrogen) atoms. The van der Waals surface area contributed by atoms with Crippen LogP contribution >= 0.6 is 0 Å². The molecule has 0 saturated carbocycles. The summed E-state index contributed by atoms with van der Waals surface area (Å²) in [6.07, 6.45) is 0. The predicted octanol–water partition coefficient (Wildman–Crippen LogP) is 2.25. The first-order chi connectivity index (χ1) is 7.79. The molecule has 0 radical (unpaired) electrons. The molecule has 0 amide bonds. The molecule has 0 unspecified atom stereocenters. The van der Waals surface area contributed by atoms with Crippen molar-refractivity contribution in [2.24, 2.45) is 0 Å². The Bertz CT molecular complexity index is 429. The van der Waals surface area contributed by atoms with Crippen molar-refractivity contribution in [1.82, 2.24) is 0 Å². The quantitative estimate of drug-likeness (QED) is 0.805. The maximum absolute atomic E-state index is 11.3. The van der Waals surface area contributed by atoms with Crippen LogP contribution in [0.5, 0.6) is 0 Å². The minimum absolute atomic E-state index is 0. The second-order valence-corrected chi connectivity index (χ2v) is 3.59. The summed E-state index contributed by atoms with van der Waals surface area (Å²) in [7, 11) is 0. The van der Waals surface area contributed by atoms with Gasteiger partial charge in [-0.05, 0) is 11.1 Å². The average Bonchev–Trinajstić information content (AvgIpc) is 2.31. The SMILES string of the molecule is O=C(O)C(c1ccccc1)c1ccccc1.[LiH]. The van der Waals surface area contributed by atoms with Crippen molar-refractivity contribution >= 4 is 24.8 Å². The fraction of sp³-hybridized carbons (Fsp3) is 0.0714. The molecule has 2 rings (SSSR count). The first-order valence-corrected chi connectivity index (χ1v) is 5.12. The monoisotopic (exact) mass is 220 g/mol. The predicted molar refractivity (Wildman–Crippen MR) is 69.5 cm³/mol. The van der Waals surface area contributed by atoms with Crippen LogP contribution < -0.4 is 0 Å². The van der Waals surface area contributed by atoms with Crippen LogP contribution in [-0.4, -0.2) is 29.9 Å². The second-order valence-electron chi connectivity index (χ2n) is 3.59. The molecule has 0 atom stereocenters. The van der Waals surface area contributed by atoms with Crippen LogP contribution in [0.15, 0.2) is 60.7 Å². The number of carboxylic acid groups (broad SMARTS) is 1. The zero-order valence-electron chi connectivity index (χ0n) is 8.71. The van der Waals surface area contributed by atoms with Crippen molar-refractivity contribution in [3.05, 3.63) is 71.8 Å². The molecule has 1 N–H and O–H groups in total. The summed E-state index contributed by atoms with van der Waals surface area (Å²) in [6, 6.07) is 18.5. The Hall–Kier alpha value is -1.49. The zero-order chi connectivity index (χ0) is 11.4. The van der Waals surface area contributed by atoms with Crippen molar-refractivity contribution < 1.29 is 9.90 Å². The summed E-state index contributed by atoms with van der Waals surface area (Å²) in [5.41, 5.74) is 1.61. The van der Waals surface area contributed by atoms with Gasteiger partial charge in [-0.3, -0.25) is 4.79 Å². The molecule has 0 bridgehead atoms. The molecular formula is C14H13LiO2. The van der Waals surface area contributed by atoms with Gasteiger partial charge in [-0.15, -0.1) is 0 Å². The van der Waals surface area contributed by atoms with Crippen LogP contribution in [0, 0.1) is 0 Å². The van der Waals surface area contributed by atoms with E-state index >= 15 is 0 Å². The summed E-state index contributed by atoms with van der Waals surface area (Å²) in [4.78, 5) is 11.3. The number of benzene rings is 2. The van der Waals surface area contributed by atoms with E-state index in [0.29, 0.717) is 0 Å². The molecule has 2 aromatic carbocycles. The van der Waals surface area contributed by atoms with E-state index in [0.717, 1.165) is 11.1 Å². The Kier molecular flexibility index (Phi) is 5.02. The van der Waals surface area contributed by atoms with Crippen molar-refractivity contribution in [3.63, 3.8) is 0 Å². The molecule has 2 nitrogen and oxygen atoms in total. The summed E-state index contributed by atoms with van der Waals surface area (Å²) >= 11 is 0. The third-order valence-corrected chi connectivity index (χ3v) is 2.51. The van der Waals surface area contributed by atoms with E-state index in [4.69, 9.17) is 0 Å². The number of carbonyl (C=O) groups is 1. The van der Waals surface area contributed by atoms with Crippen LogP contribution in [0.1, 0.15) is 17.0 Å². The van der Waals surface area contributed by atoms with Gasteiger partial charge >= 0.3 is 24.8 Å². The van der Waals surface area contributed by atoms with E-state index in [-0.39, 0.29) is 18.9 Å². The van der Waals surface area contributed by atoms with Crippen LogP contribution in [0.4, 0.5) is 0 Å². The molecule has 0 saturated heterocycles. The molecule has 0 heterocycles. The fourth-order valence-corrected chi connectivity index (χ4v) is 1.77. The van der Waals surface area contributed by atoms with E-state index in [2.05, 4.69) is 0 Å². The molecule has 3 heteroatoms. The minimum atomic E-state index is -0.822. The summed E-state index contributed by atoms with van der Waals surface area (Å²) in [5, 5.41) is 9.28. The maximum atomic E-state index is 11.3. The molecule has 0 fully saturated rings. The Balaban J connectivity index is 0.00000144. The van der Waals surface area contributed by atoms with Gasteiger partial charge in [0, 0.05) is 0 Å². The average molecular weight is 220 g/mol. The molecule has 0 aliphatic carbocycles. The third-order valence-electron chi connectivity index (χ3n) is 2.51. The van der Waals surface area contributed by atoms with Crippen molar-refractivity contribution in [2.75, 3.05) is 0 Å². The van der Waals surface area contributed by atoms with Gasteiger partial charge in [-0.25, -0.2) is 0 Å². The van der Waals surface area contributed by atoms with E-state index in [1.54, 1.807) is 0 Å². The van der Waals surface area contributed by atoms with Crippen LogP contribution in [0.2, 0.25) is 0 Å². The van der Waals surface area contributed by atoms with Gasteiger partial charge in [0.1, 0.15) is 5.92 Å². The van der Waals surface area contributed by atoms with Gasteiger partial charge in [-0.1, -0.05) is 60.7 Å². The Morgan fingerprint density at radius 3 is 1.47 bits per heavy atom. The molecule has 2 aromatic rings. The Morgan fingerprint density at radius 1 is 0.824 bits per heavy atom. The molecule has 82 valence electrons. The van der Waals surface area contributed by atoms with Crippen LogP contribution in [-0.2, 0) is 4.79 Å². The number of hydrogen-bond acceptors (Lipinski definition) is 1. The van der Waals surface area contributed by atoms with Crippen molar-refractivity contribution in [1.29, 1.82) is 0 Å². The van der Waals surface area contributed by atoms with E-state index < -0.39 is 11.9 Å².